The van der Waals surface area contributed by atoms with Gasteiger partial charge in [-0.3, -0.25) is 14.5 Å². The molecule has 4 rings (SSSR count). The Morgan fingerprint density at radius 2 is 1.68 bits per heavy atom. The molecule has 2 heterocycles. The Hall–Kier alpha value is -2.54. The lowest BCUT2D eigenvalue weighted by Crippen LogP contribution is -2.48. The molecule has 5 nitrogen and oxygen atoms in total. The molecule has 1 saturated heterocycles. The second kappa shape index (κ2) is 9.73. The maximum Gasteiger partial charge on any atom is 0.254 e. The zero-order chi connectivity index (χ0) is 21.8. The summed E-state index contributed by atoms with van der Waals surface area (Å²) in [6.07, 6.45) is 0.959. The summed E-state index contributed by atoms with van der Waals surface area (Å²) < 4.78 is 0. The van der Waals surface area contributed by atoms with E-state index in [0.717, 1.165) is 36.8 Å². The maximum atomic E-state index is 13.2. The summed E-state index contributed by atoms with van der Waals surface area (Å²) in [5.41, 5.74) is 2.49. The van der Waals surface area contributed by atoms with Crippen molar-refractivity contribution in [1.29, 1.82) is 0 Å². The number of aryl methyl sites for hydroxylation is 1. The van der Waals surface area contributed by atoms with E-state index in [-0.39, 0.29) is 11.7 Å². The largest absolute Gasteiger partial charge is 0.336 e. The molecule has 0 bridgehead atoms. The highest BCUT2D eigenvalue weighted by Crippen LogP contribution is 2.20. The summed E-state index contributed by atoms with van der Waals surface area (Å²) in [5, 5.41) is 3.85. The number of benzene rings is 2. The van der Waals surface area contributed by atoms with E-state index in [2.05, 4.69) is 22.2 Å². The van der Waals surface area contributed by atoms with Crippen molar-refractivity contribution in [2.75, 3.05) is 26.2 Å². The van der Waals surface area contributed by atoms with Gasteiger partial charge in [-0.1, -0.05) is 36.7 Å². The Morgan fingerprint density at radius 1 is 1.00 bits per heavy atom. The number of piperazine rings is 1. The number of carbonyl (C=O) groups is 2. The zero-order valence-corrected chi connectivity index (χ0v) is 19.0. The molecular formula is C24H24ClN3O2S. The summed E-state index contributed by atoms with van der Waals surface area (Å²) in [6, 6.07) is 13.8. The number of amides is 1. The number of hydrogen-bond donors (Lipinski definition) is 0. The lowest BCUT2D eigenvalue weighted by Gasteiger charge is -2.34. The van der Waals surface area contributed by atoms with Crippen LogP contribution in [0.4, 0.5) is 0 Å². The Labute approximate surface area is 191 Å². The molecule has 3 aromatic rings. The molecule has 0 radical (unpaired) electrons. The molecule has 0 aliphatic carbocycles. The zero-order valence-electron chi connectivity index (χ0n) is 17.4. The van der Waals surface area contributed by atoms with E-state index in [1.165, 1.54) is 0 Å². The van der Waals surface area contributed by atoms with Crippen molar-refractivity contribution in [3.05, 3.63) is 86.3 Å². The van der Waals surface area contributed by atoms with Gasteiger partial charge in [0.1, 0.15) is 0 Å². The van der Waals surface area contributed by atoms with Crippen molar-refractivity contribution in [1.82, 2.24) is 14.8 Å². The van der Waals surface area contributed by atoms with Crippen molar-refractivity contribution >= 4 is 34.6 Å². The van der Waals surface area contributed by atoms with E-state index in [4.69, 9.17) is 11.6 Å². The molecule has 7 heteroatoms. The second-order valence-electron chi connectivity index (χ2n) is 7.54. The molecule has 2 aromatic carbocycles. The Bertz CT molecular complexity index is 1070. The van der Waals surface area contributed by atoms with Crippen LogP contribution in [0.15, 0.2) is 53.9 Å². The minimum Gasteiger partial charge on any atom is -0.336 e. The van der Waals surface area contributed by atoms with Crippen LogP contribution in [0.5, 0.6) is 0 Å². The van der Waals surface area contributed by atoms with Gasteiger partial charge in [0.05, 0.1) is 16.3 Å². The van der Waals surface area contributed by atoms with Crippen LogP contribution in [0.1, 0.15) is 43.9 Å². The van der Waals surface area contributed by atoms with Gasteiger partial charge in [-0.2, -0.15) is 0 Å². The lowest BCUT2D eigenvalue weighted by molar-refractivity contribution is 0.0624. The smallest absolute Gasteiger partial charge is 0.254 e. The fraction of sp³-hybridized carbons (Fsp3) is 0.292. The van der Waals surface area contributed by atoms with Gasteiger partial charge < -0.3 is 4.90 Å². The molecule has 0 saturated carbocycles. The quantitative estimate of drug-likeness (QED) is 0.514. The third-order valence-electron chi connectivity index (χ3n) is 5.46. The SMILES string of the molecule is CCc1nc(CN2CCN(C(=O)c3ccccc3C(=O)c3ccc(Cl)cc3)CC2)cs1. The first kappa shape index (κ1) is 21.7. The predicted molar refractivity (Wildman–Crippen MR) is 124 cm³/mol. The van der Waals surface area contributed by atoms with Gasteiger partial charge in [0.25, 0.3) is 5.91 Å². The number of thiazole rings is 1. The van der Waals surface area contributed by atoms with Crippen LogP contribution >= 0.6 is 22.9 Å². The summed E-state index contributed by atoms with van der Waals surface area (Å²) in [7, 11) is 0. The first-order valence-corrected chi connectivity index (χ1v) is 11.6. The third-order valence-corrected chi connectivity index (χ3v) is 6.75. The maximum absolute atomic E-state index is 13.2. The van der Waals surface area contributed by atoms with Crippen LogP contribution in [-0.2, 0) is 13.0 Å². The topological polar surface area (TPSA) is 53.5 Å². The van der Waals surface area contributed by atoms with Crippen LogP contribution in [0, 0.1) is 0 Å². The number of ketones is 1. The van der Waals surface area contributed by atoms with E-state index in [1.807, 2.05) is 4.90 Å². The molecule has 0 N–H and O–H groups in total. The predicted octanol–water partition coefficient (Wildman–Crippen LogP) is 4.55. The summed E-state index contributed by atoms with van der Waals surface area (Å²) in [6.45, 7) is 5.77. The van der Waals surface area contributed by atoms with Gasteiger partial charge in [0.15, 0.2) is 5.78 Å². The Balaban J connectivity index is 1.43. The molecule has 1 amide bonds. The van der Waals surface area contributed by atoms with Crippen molar-refractivity contribution < 1.29 is 9.59 Å². The molecule has 1 aliphatic heterocycles. The van der Waals surface area contributed by atoms with Crippen molar-refractivity contribution in [2.24, 2.45) is 0 Å². The third kappa shape index (κ3) is 5.03. The van der Waals surface area contributed by atoms with E-state index < -0.39 is 0 Å². The van der Waals surface area contributed by atoms with Crippen molar-refractivity contribution in [3.63, 3.8) is 0 Å². The second-order valence-corrected chi connectivity index (χ2v) is 8.92. The van der Waals surface area contributed by atoms with Gasteiger partial charge in [-0.05, 0) is 36.8 Å². The molecule has 160 valence electrons. The van der Waals surface area contributed by atoms with E-state index in [1.54, 1.807) is 59.9 Å². The summed E-state index contributed by atoms with van der Waals surface area (Å²) >= 11 is 7.64. The number of hydrogen-bond acceptors (Lipinski definition) is 5. The highest BCUT2D eigenvalue weighted by Gasteiger charge is 2.26. The van der Waals surface area contributed by atoms with Crippen LogP contribution in [0.25, 0.3) is 0 Å². The van der Waals surface area contributed by atoms with E-state index in [0.29, 0.717) is 34.8 Å². The Morgan fingerprint density at radius 3 is 2.32 bits per heavy atom. The van der Waals surface area contributed by atoms with Crippen LogP contribution < -0.4 is 0 Å². The minimum atomic E-state index is -0.172. The minimum absolute atomic E-state index is 0.0977. The number of aromatic nitrogens is 1. The molecule has 1 fully saturated rings. The van der Waals surface area contributed by atoms with Gasteiger partial charge in [-0.15, -0.1) is 11.3 Å². The molecule has 31 heavy (non-hydrogen) atoms. The van der Waals surface area contributed by atoms with Crippen molar-refractivity contribution in [3.8, 4) is 0 Å². The number of carbonyl (C=O) groups excluding carboxylic acids is 2. The standard InChI is InChI=1S/C24H24ClN3O2S/c1-2-22-26-19(16-31-22)15-27-11-13-28(14-12-27)24(30)21-6-4-3-5-20(21)23(29)17-7-9-18(25)10-8-17/h3-10,16H,2,11-15H2,1H3. The van der Waals surface area contributed by atoms with Crippen molar-refractivity contribution in [2.45, 2.75) is 19.9 Å². The van der Waals surface area contributed by atoms with Gasteiger partial charge >= 0.3 is 0 Å². The highest BCUT2D eigenvalue weighted by molar-refractivity contribution is 7.09. The first-order valence-electron chi connectivity index (χ1n) is 10.4. The van der Waals surface area contributed by atoms with Gasteiger partial charge in [0, 0.05) is 54.3 Å². The van der Waals surface area contributed by atoms with E-state index >= 15 is 0 Å². The molecule has 0 spiro atoms. The first-order chi connectivity index (χ1) is 15.0. The lowest BCUT2D eigenvalue weighted by atomic mass is 9.97. The normalized spacial score (nSPS) is 14.6. The van der Waals surface area contributed by atoms with Gasteiger partial charge in [0.2, 0.25) is 0 Å². The van der Waals surface area contributed by atoms with Crippen LogP contribution in [-0.4, -0.2) is 52.7 Å². The average Bonchev–Trinajstić information content (AvgIpc) is 3.27. The van der Waals surface area contributed by atoms with Gasteiger partial charge in [-0.25, -0.2) is 4.98 Å². The fourth-order valence-electron chi connectivity index (χ4n) is 3.72. The molecule has 0 unspecified atom stereocenters. The average molecular weight is 454 g/mol. The van der Waals surface area contributed by atoms with Crippen LogP contribution in [0.2, 0.25) is 5.02 Å². The highest BCUT2D eigenvalue weighted by atomic mass is 35.5. The molecular weight excluding hydrogens is 430 g/mol. The number of halogens is 1. The molecule has 0 atom stereocenters. The van der Waals surface area contributed by atoms with Crippen LogP contribution in [0.3, 0.4) is 0 Å². The number of nitrogens with zero attached hydrogens (tertiary/aromatic N) is 3. The Kier molecular flexibility index (Phi) is 6.80. The fourth-order valence-corrected chi connectivity index (χ4v) is 4.58. The molecule has 1 aromatic heterocycles. The monoisotopic (exact) mass is 453 g/mol. The summed E-state index contributed by atoms with van der Waals surface area (Å²) in [5.74, 6) is -0.269. The summed E-state index contributed by atoms with van der Waals surface area (Å²) in [4.78, 5) is 35.1. The van der Waals surface area contributed by atoms with E-state index in [9.17, 15) is 9.59 Å². The number of rotatable bonds is 6. The molecule has 1 aliphatic rings.